The lowest BCUT2D eigenvalue weighted by Gasteiger charge is -2.30. The number of fused-ring (bicyclic) bond motifs is 1. The fraction of sp³-hybridized carbons (Fsp3) is 0.258. The fourth-order valence-electron chi connectivity index (χ4n) is 4.46. The topological polar surface area (TPSA) is 92.2 Å². The Morgan fingerprint density at radius 2 is 1.68 bits per heavy atom. The van der Waals surface area contributed by atoms with E-state index in [1.807, 2.05) is 36.5 Å². The van der Waals surface area contributed by atoms with E-state index in [0.29, 0.717) is 29.8 Å². The molecule has 0 saturated heterocycles. The Bertz CT molecular complexity index is 1540. The van der Waals surface area contributed by atoms with Crippen LogP contribution in [0.2, 0.25) is 0 Å². The molecule has 41 heavy (non-hydrogen) atoms. The minimum atomic E-state index is -4.45. The molecule has 3 aromatic carbocycles. The largest absolute Gasteiger partial charge is 0.416 e. The van der Waals surface area contributed by atoms with Gasteiger partial charge < -0.3 is 20.1 Å². The summed E-state index contributed by atoms with van der Waals surface area (Å²) in [4.78, 5) is 32.9. The number of amides is 3. The number of halogens is 3. The summed E-state index contributed by atoms with van der Waals surface area (Å²) in [5.41, 5.74) is 2.69. The van der Waals surface area contributed by atoms with Crippen LogP contribution in [-0.2, 0) is 23.9 Å². The van der Waals surface area contributed by atoms with Gasteiger partial charge in [-0.2, -0.15) is 18.4 Å². The molecule has 0 fully saturated rings. The number of carbonyl (C=O) groups is 2. The van der Waals surface area contributed by atoms with Gasteiger partial charge in [-0.25, -0.2) is 4.79 Å². The maximum atomic E-state index is 13.6. The minimum Gasteiger partial charge on any atom is -0.361 e. The first-order valence-corrected chi connectivity index (χ1v) is 13.1. The lowest BCUT2D eigenvalue weighted by Crippen LogP contribution is -2.47. The quantitative estimate of drug-likeness (QED) is 0.242. The van der Waals surface area contributed by atoms with Crippen molar-refractivity contribution in [3.8, 4) is 6.07 Å². The number of hydrogen-bond donors (Lipinski definition) is 2. The molecule has 0 saturated carbocycles. The predicted molar refractivity (Wildman–Crippen MR) is 151 cm³/mol. The number of hydrogen-bond acceptors (Lipinski definition) is 3. The molecule has 0 radical (unpaired) electrons. The zero-order valence-corrected chi connectivity index (χ0v) is 22.7. The number of nitrogens with zero attached hydrogens (tertiary/aromatic N) is 3. The van der Waals surface area contributed by atoms with Crippen molar-refractivity contribution in [2.24, 2.45) is 0 Å². The number of aromatic nitrogens is 1. The molecule has 0 atom stereocenters. The monoisotopic (exact) mass is 561 g/mol. The average Bonchev–Trinajstić information content (AvgIpc) is 3.36. The molecule has 4 rings (SSSR count). The molecule has 3 amide bonds. The maximum absolute atomic E-state index is 13.6. The number of benzene rings is 3. The number of carbonyl (C=O) groups excluding carboxylic acids is 2. The van der Waals surface area contributed by atoms with Crippen LogP contribution in [0.3, 0.4) is 0 Å². The second-order valence-corrected chi connectivity index (χ2v) is 9.96. The van der Waals surface area contributed by atoms with Crippen molar-refractivity contribution in [2.75, 3.05) is 18.4 Å². The van der Waals surface area contributed by atoms with Crippen LogP contribution in [0.5, 0.6) is 0 Å². The van der Waals surface area contributed by atoms with Gasteiger partial charge in [-0.05, 0) is 73.9 Å². The molecule has 7 nitrogen and oxygen atoms in total. The standard InChI is InChI=1S/C31H30F3N5O2/c1-21(2)39(30(41)37-26-13-9-22(17-35)10-14-26)20-29(40)38(19-23-7-11-25(12-8-23)31(32,33)34)16-15-24-18-36-28-6-4-3-5-27(24)28/h3-14,18,21,36H,15-16,19-20H2,1-2H3,(H,37,41). The molecule has 0 spiro atoms. The summed E-state index contributed by atoms with van der Waals surface area (Å²) in [5.74, 6) is -0.339. The zero-order chi connectivity index (χ0) is 29.6. The van der Waals surface area contributed by atoms with Crippen LogP contribution >= 0.6 is 0 Å². The third-order valence-electron chi connectivity index (χ3n) is 6.79. The van der Waals surface area contributed by atoms with Crippen molar-refractivity contribution in [3.05, 3.63) is 101 Å². The second-order valence-electron chi connectivity index (χ2n) is 9.96. The number of alkyl halides is 3. The highest BCUT2D eigenvalue weighted by Crippen LogP contribution is 2.29. The molecular formula is C31H30F3N5O2. The lowest BCUT2D eigenvalue weighted by molar-refractivity contribution is -0.137. The highest BCUT2D eigenvalue weighted by molar-refractivity contribution is 5.92. The van der Waals surface area contributed by atoms with E-state index in [4.69, 9.17) is 5.26 Å². The summed E-state index contributed by atoms with van der Waals surface area (Å²) < 4.78 is 39.2. The van der Waals surface area contributed by atoms with Gasteiger partial charge in [0.1, 0.15) is 6.54 Å². The first-order valence-electron chi connectivity index (χ1n) is 13.1. The summed E-state index contributed by atoms with van der Waals surface area (Å²) in [5, 5.41) is 12.8. The van der Waals surface area contributed by atoms with E-state index in [1.54, 1.807) is 43.0 Å². The van der Waals surface area contributed by atoms with Crippen LogP contribution in [-0.4, -0.2) is 45.9 Å². The number of H-pyrrole nitrogens is 1. The predicted octanol–water partition coefficient (Wildman–Crippen LogP) is 6.57. The first-order chi connectivity index (χ1) is 19.5. The zero-order valence-electron chi connectivity index (χ0n) is 22.7. The van der Waals surface area contributed by atoms with Crippen LogP contribution in [0.15, 0.2) is 79.0 Å². The van der Waals surface area contributed by atoms with Gasteiger partial charge in [-0.1, -0.05) is 30.3 Å². The van der Waals surface area contributed by atoms with Crippen molar-refractivity contribution in [2.45, 2.75) is 39.0 Å². The van der Waals surface area contributed by atoms with Gasteiger partial charge in [0.2, 0.25) is 5.91 Å². The van der Waals surface area contributed by atoms with Gasteiger partial charge in [0.25, 0.3) is 0 Å². The van der Waals surface area contributed by atoms with Gasteiger partial charge in [-0.3, -0.25) is 4.79 Å². The van der Waals surface area contributed by atoms with E-state index in [0.717, 1.165) is 28.6 Å². The van der Waals surface area contributed by atoms with Crippen LogP contribution in [0, 0.1) is 11.3 Å². The third-order valence-corrected chi connectivity index (χ3v) is 6.79. The van der Waals surface area contributed by atoms with E-state index in [-0.39, 0.29) is 25.0 Å². The molecule has 2 N–H and O–H groups in total. The Balaban J connectivity index is 1.52. The summed E-state index contributed by atoms with van der Waals surface area (Å²) in [6, 6.07) is 20.1. The number of rotatable bonds is 9. The average molecular weight is 562 g/mol. The van der Waals surface area contributed by atoms with Crippen molar-refractivity contribution in [3.63, 3.8) is 0 Å². The SMILES string of the molecule is CC(C)N(CC(=O)N(CCc1c[nH]c2ccccc12)Cc1ccc(C(F)(F)F)cc1)C(=O)Nc1ccc(C#N)cc1. The van der Waals surface area contributed by atoms with Crippen molar-refractivity contribution >= 4 is 28.5 Å². The van der Waals surface area contributed by atoms with Gasteiger partial charge in [0.15, 0.2) is 0 Å². The summed E-state index contributed by atoms with van der Waals surface area (Å²) in [6.07, 6.45) is -2.06. The number of nitriles is 1. The summed E-state index contributed by atoms with van der Waals surface area (Å²) in [6.45, 7) is 3.73. The smallest absolute Gasteiger partial charge is 0.361 e. The molecule has 10 heteroatoms. The second kappa shape index (κ2) is 12.6. The molecule has 1 heterocycles. The molecule has 0 aliphatic heterocycles. The van der Waals surface area contributed by atoms with Crippen LogP contribution < -0.4 is 5.32 Å². The van der Waals surface area contributed by atoms with E-state index < -0.39 is 17.8 Å². The molecule has 0 aliphatic carbocycles. The van der Waals surface area contributed by atoms with Gasteiger partial charge in [-0.15, -0.1) is 0 Å². The van der Waals surface area contributed by atoms with E-state index in [2.05, 4.69) is 10.3 Å². The van der Waals surface area contributed by atoms with Gasteiger partial charge >= 0.3 is 12.2 Å². The lowest BCUT2D eigenvalue weighted by atomic mass is 10.1. The Morgan fingerprint density at radius 3 is 2.32 bits per heavy atom. The Morgan fingerprint density at radius 1 is 1.00 bits per heavy atom. The maximum Gasteiger partial charge on any atom is 0.416 e. The highest BCUT2D eigenvalue weighted by atomic mass is 19.4. The third kappa shape index (κ3) is 7.45. The number of aromatic amines is 1. The number of para-hydroxylation sites is 1. The van der Waals surface area contributed by atoms with E-state index in [1.165, 1.54) is 17.0 Å². The van der Waals surface area contributed by atoms with E-state index >= 15 is 0 Å². The van der Waals surface area contributed by atoms with Crippen molar-refractivity contribution < 1.29 is 22.8 Å². The van der Waals surface area contributed by atoms with Crippen molar-refractivity contribution in [1.82, 2.24) is 14.8 Å². The number of nitrogens with one attached hydrogen (secondary N) is 2. The molecule has 4 aromatic rings. The molecule has 1 aromatic heterocycles. The fourth-order valence-corrected chi connectivity index (χ4v) is 4.46. The molecule has 0 bridgehead atoms. The van der Waals surface area contributed by atoms with E-state index in [9.17, 15) is 22.8 Å². The van der Waals surface area contributed by atoms with Crippen LogP contribution in [0.1, 0.15) is 36.1 Å². The molecule has 0 unspecified atom stereocenters. The van der Waals surface area contributed by atoms with Gasteiger partial charge in [0.05, 0.1) is 17.2 Å². The summed E-state index contributed by atoms with van der Waals surface area (Å²) in [7, 11) is 0. The first kappa shape index (κ1) is 29.2. The Kier molecular flexibility index (Phi) is 8.97. The Hall–Kier alpha value is -4.78. The number of anilines is 1. The Labute approximate surface area is 236 Å². The molecule has 0 aliphatic rings. The number of urea groups is 1. The minimum absolute atomic E-state index is 0.0858. The summed E-state index contributed by atoms with van der Waals surface area (Å²) >= 11 is 0. The normalized spacial score (nSPS) is 11.3. The highest BCUT2D eigenvalue weighted by Gasteiger charge is 2.30. The van der Waals surface area contributed by atoms with Crippen molar-refractivity contribution in [1.29, 1.82) is 5.26 Å². The van der Waals surface area contributed by atoms with Crippen LogP contribution in [0.4, 0.5) is 23.7 Å². The van der Waals surface area contributed by atoms with Gasteiger partial charge in [0, 0.05) is 41.9 Å². The molecular weight excluding hydrogens is 531 g/mol. The van der Waals surface area contributed by atoms with Crippen LogP contribution in [0.25, 0.3) is 10.9 Å². The molecule has 212 valence electrons.